The molecule has 0 radical (unpaired) electrons. The highest BCUT2D eigenvalue weighted by molar-refractivity contribution is 5.92. The molecule has 6 heteroatoms. The first-order valence-corrected chi connectivity index (χ1v) is 7.28. The van der Waals surface area contributed by atoms with E-state index in [0.29, 0.717) is 24.9 Å². The zero-order valence-corrected chi connectivity index (χ0v) is 12.3. The fourth-order valence-electron chi connectivity index (χ4n) is 2.40. The van der Waals surface area contributed by atoms with Crippen LogP contribution in [0.15, 0.2) is 6.07 Å². The van der Waals surface area contributed by atoms with E-state index in [9.17, 15) is 4.79 Å². The van der Waals surface area contributed by atoms with Crippen molar-refractivity contribution in [2.75, 3.05) is 26.2 Å². The minimum Gasteiger partial charge on any atom is -0.378 e. The number of piperidine rings is 1. The third kappa shape index (κ3) is 4.31. The highest BCUT2D eigenvalue weighted by Crippen LogP contribution is 2.07. The van der Waals surface area contributed by atoms with E-state index in [4.69, 9.17) is 4.74 Å². The minimum atomic E-state index is -0.0741. The molecule has 6 nitrogen and oxygen atoms in total. The van der Waals surface area contributed by atoms with E-state index in [1.165, 1.54) is 0 Å². The summed E-state index contributed by atoms with van der Waals surface area (Å²) in [7, 11) is 1.78. The standard InChI is InChI=1S/C14H24N4O2/c1-11-10-13(18(2)17-11)14(19)16-6-3-9-20-12-4-7-15-8-5-12/h10,12,15H,3-9H2,1-2H3,(H,16,19). The van der Waals surface area contributed by atoms with Crippen LogP contribution in [0.5, 0.6) is 0 Å². The molecular weight excluding hydrogens is 256 g/mol. The van der Waals surface area contributed by atoms with Gasteiger partial charge in [-0.3, -0.25) is 9.48 Å². The monoisotopic (exact) mass is 280 g/mol. The Morgan fingerprint density at radius 1 is 1.55 bits per heavy atom. The largest absolute Gasteiger partial charge is 0.378 e. The van der Waals surface area contributed by atoms with E-state index in [1.807, 2.05) is 6.92 Å². The van der Waals surface area contributed by atoms with Gasteiger partial charge in [0.15, 0.2) is 0 Å². The van der Waals surface area contributed by atoms with Crippen LogP contribution in [-0.2, 0) is 11.8 Å². The molecule has 0 bridgehead atoms. The predicted molar refractivity (Wildman–Crippen MR) is 76.7 cm³/mol. The van der Waals surface area contributed by atoms with Gasteiger partial charge in [-0.05, 0) is 45.3 Å². The summed E-state index contributed by atoms with van der Waals surface area (Å²) in [5.41, 5.74) is 1.45. The van der Waals surface area contributed by atoms with Crippen LogP contribution in [0.3, 0.4) is 0 Å². The molecule has 1 aromatic heterocycles. The van der Waals surface area contributed by atoms with Gasteiger partial charge in [-0.15, -0.1) is 0 Å². The molecule has 0 aliphatic carbocycles. The summed E-state index contributed by atoms with van der Waals surface area (Å²) in [5, 5.41) is 10.4. The average Bonchev–Trinajstić information content (AvgIpc) is 2.78. The van der Waals surface area contributed by atoms with Gasteiger partial charge < -0.3 is 15.4 Å². The minimum absolute atomic E-state index is 0.0741. The topological polar surface area (TPSA) is 68.2 Å². The molecule has 1 aliphatic heterocycles. The summed E-state index contributed by atoms with van der Waals surface area (Å²) in [6.45, 7) is 5.30. The lowest BCUT2D eigenvalue weighted by Gasteiger charge is -2.22. The Kier molecular flexibility index (Phi) is 5.55. The van der Waals surface area contributed by atoms with Gasteiger partial charge in [0, 0.05) is 20.2 Å². The number of carbonyl (C=O) groups excluding carboxylic acids is 1. The zero-order valence-electron chi connectivity index (χ0n) is 12.3. The van der Waals surface area contributed by atoms with Gasteiger partial charge >= 0.3 is 0 Å². The zero-order chi connectivity index (χ0) is 14.4. The number of ether oxygens (including phenoxy) is 1. The number of aryl methyl sites for hydroxylation is 2. The first kappa shape index (κ1) is 15.0. The van der Waals surface area contributed by atoms with E-state index in [1.54, 1.807) is 17.8 Å². The number of nitrogens with one attached hydrogen (secondary N) is 2. The van der Waals surface area contributed by atoms with Crippen molar-refractivity contribution in [2.24, 2.45) is 7.05 Å². The van der Waals surface area contributed by atoms with Gasteiger partial charge in [-0.1, -0.05) is 0 Å². The van der Waals surface area contributed by atoms with Crippen LogP contribution in [0.2, 0.25) is 0 Å². The molecule has 1 saturated heterocycles. The van der Waals surface area contributed by atoms with Crippen molar-refractivity contribution in [3.8, 4) is 0 Å². The first-order valence-electron chi connectivity index (χ1n) is 7.28. The number of aromatic nitrogens is 2. The quantitative estimate of drug-likeness (QED) is 0.750. The lowest BCUT2D eigenvalue weighted by Crippen LogP contribution is -2.33. The summed E-state index contributed by atoms with van der Waals surface area (Å²) in [6, 6.07) is 1.79. The summed E-state index contributed by atoms with van der Waals surface area (Å²) in [6.07, 6.45) is 3.39. The van der Waals surface area contributed by atoms with Gasteiger partial charge in [0.1, 0.15) is 5.69 Å². The van der Waals surface area contributed by atoms with Gasteiger partial charge in [0.25, 0.3) is 5.91 Å². The maximum absolute atomic E-state index is 11.9. The van der Waals surface area contributed by atoms with E-state index >= 15 is 0 Å². The SMILES string of the molecule is Cc1cc(C(=O)NCCCOC2CCNCC2)n(C)n1. The van der Waals surface area contributed by atoms with Crippen LogP contribution in [0.25, 0.3) is 0 Å². The van der Waals surface area contributed by atoms with Crippen LogP contribution >= 0.6 is 0 Å². The summed E-state index contributed by atoms with van der Waals surface area (Å²) >= 11 is 0. The van der Waals surface area contributed by atoms with E-state index in [-0.39, 0.29) is 5.91 Å². The summed E-state index contributed by atoms with van der Waals surface area (Å²) in [5.74, 6) is -0.0741. The second kappa shape index (κ2) is 7.40. The lowest BCUT2D eigenvalue weighted by molar-refractivity contribution is 0.0317. The molecule has 1 aliphatic rings. The van der Waals surface area contributed by atoms with Crippen molar-refractivity contribution in [3.05, 3.63) is 17.5 Å². The van der Waals surface area contributed by atoms with Crippen molar-refractivity contribution >= 4 is 5.91 Å². The molecule has 0 unspecified atom stereocenters. The molecule has 1 aromatic rings. The van der Waals surface area contributed by atoms with Crippen molar-refractivity contribution in [2.45, 2.75) is 32.3 Å². The van der Waals surface area contributed by atoms with E-state index in [2.05, 4.69) is 15.7 Å². The smallest absolute Gasteiger partial charge is 0.269 e. The third-order valence-electron chi connectivity index (χ3n) is 3.48. The Morgan fingerprint density at radius 2 is 2.30 bits per heavy atom. The number of carbonyl (C=O) groups is 1. The molecule has 20 heavy (non-hydrogen) atoms. The Labute approximate surface area is 119 Å². The Balaban J connectivity index is 1.61. The molecule has 1 amide bonds. The first-order chi connectivity index (χ1) is 9.66. The van der Waals surface area contributed by atoms with Gasteiger partial charge in [-0.2, -0.15) is 5.10 Å². The lowest BCUT2D eigenvalue weighted by atomic mass is 10.1. The number of amides is 1. The molecule has 2 N–H and O–H groups in total. The Bertz CT molecular complexity index is 438. The number of rotatable bonds is 6. The fraction of sp³-hybridized carbons (Fsp3) is 0.714. The molecule has 1 fully saturated rings. The molecule has 0 saturated carbocycles. The number of hydrogen-bond acceptors (Lipinski definition) is 4. The molecule has 0 spiro atoms. The van der Waals surface area contributed by atoms with Crippen molar-refractivity contribution in [1.82, 2.24) is 20.4 Å². The van der Waals surface area contributed by atoms with Crippen LogP contribution in [0.1, 0.15) is 35.4 Å². The van der Waals surface area contributed by atoms with Gasteiger partial charge in [0.05, 0.1) is 11.8 Å². The van der Waals surface area contributed by atoms with Crippen LogP contribution < -0.4 is 10.6 Å². The van der Waals surface area contributed by atoms with Gasteiger partial charge in [-0.25, -0.2) is 0 Å². The maximum atomic E-state index is 11.9. The molecular formula is C14H24N4O2. The highest BCUT2D eigenvalue weighted by atomic mass is 16.5. The van der Waals surface area contributed by atoms with Crippen LogP contribution in [0.4, 0.5) is 0 Å². The fourth-order valence-corrected chi connectivity index (χ4v) is 2.40. The summed E-state index contributed by atoms with van der Waals surface area (Å²) < 4.78 is 7.40. The number of nitrogens with zero attached hydrogens (tertiary/aromatic N) is 2. The van der Waals surface area contributed by atoms with Crippen molar-refractivity contribution < 1.29 is 9.53 Å². The van der Waals surface area contributed by atoms with E-state index < -0.39 is 0 Å². The molecule has 0 aromatic carbocycles. The number of hydrogen-bond donors (Lipinski definition) is 2. The van der Waals surface area contributed by atoms with E-state index in [0.717, 1.165) is 38.0 Å². The van der Waals surface area contributed by atoms with Crippen molar-refractivity contribution in [1.29, 1.82) is 0 Å². The second-order valence-corrected chi connectivity index (χ2v) is 5.22. The molecule has 0 atom stereocenters. The summed E-state index contributed by atoms with van der Waals surface area (Å²) in [4.78, 5) is 11.9. The van der Waals surface area contributed by atoms with Crippen LogP contribution in [0, 0.1) is 6.92 Å². The average molecular weight is 280 g/mol. The maximum Gasteiger partial charge on any atom is 0.269 e. The predicted octanol–water partition coefficient (Wildman–Crippen LogP) is 0.617. The Morgan fingerprint density at radius 3 is 2.95 bits per heavy atom. The Hall–Kier alpha value is -1.40. The molecule has 2 heterocycles. The van der Waals surface area contributed by atoms with Gasteiger partial charge in [0.2, 0.25) is 0 Å². The normalized spacial score (nSPS) is 16.3. The van der Waals surface area contributed by atoms with Crippen LogP contribution in [-0.4, -0.2) is 48.0 Å². The third-order valence-corrected chi connectivity index (χ3v) is 3.48. The second-order valence-electron chi connectivity index (χ2n) is 5.22. The molecule has 112 valence electrons. The molecule has 2 rings (SSSR count). The highest BCUT2D eigenvalue weighted by Gasteiger charge is 2.13. The van der Waals surface area contributed by atoms with Crippen molar-refractivity contribution in [3.63, 3.8) is 0 Å².